The number of unbranched alkanes of at least 4 members (excludes halogenated alkanes) is 2. The van der Waals surface area contributed by atoms with Crippen LogP contribution in [0.2, 0.25) is 0 Å². The third-order valence-corrected chi connectivity index (χ3v) is 5.32. The molecule has 0 fully saturated rings. The van der Waals surface area contributed by atoms with E-state index in [0.29, 0.717) is 18.8 Å². The van der Waals surface area contributed by atoms with E-state index in [9.17, 15) is 4.79 Å². The van der Waals surface area contributed by atoms with Crippen molar-refractivity contribution in [2.75, 3.05) is 6.61 Å². The molecule has 0 aliphatic rings. The summed E-state index contributed by atoms with van der Waals surface area (Å²) >= 11 is 0. The van der Waals surface area contributed by atoms with Crippen molar-refractivity contribution in [1.29, 1.82) is 0 Å². The number of benzene rings is 3. The molecule has 0 saturated carbocycles. The highest BCUT2D eigenvalue weighted by atomic mass is 16.6. The van der Waals surface area contributed by atoms with Crippen LogP contribution in [0.3, 0.4) is 0 Å². The normalized spacial score (nSPS) is 11.7. The minimum atomic E-state index is -0.672. The summed E-state index contributed by atoms with van der Waals surface area (Å²) in [5.74, 6) is 0.331. The fourth-order valence-corrected chi connectivity index (χ4v) is 3.70. The van der Waals surface area contributed by atoms with Gasteiger partial charge >= 0.3 is 5.97 Å². The largest absolute Gasteiger partial charge is 0.478 e. The second kappa shape index (κ2) is 11.9. The van der Waals surface area contributed by atoms with Crippen LogP contribution in [0.4, 0.5) is 0 Å². The monoisotopic (exact) mass is 416 g/mol. The first kappa shape index (κ1) is 22.6. The lowest BCUT2D eigenvalue weighted by Crippen LogP contribution is -2.31. The van der Waals surface area contributed by atoms with Crippen molar-refractivity contribution in [3.05, 3.63) is 90.0 Å². The van der Waals surface area contributed by atoms with Crippen molar-refractivity contribution in [3.8, 4) is 16.9 Å². The Morgan fingerprint density at radius 1 is 0.839 bits per heavy atom. The number of hydrogen-bond donors (Lipinski definition) is 0. The molecule has 3 aromatic rings. The molecule has 1 unspecified atom stereocenters. The van der Waals surface area contributed by atoms with Crippen LogP contribution in [0.25, 0.3) is 11.1 Å². The average molecular weight is 417 g/mol. The molecule has 3 rings (SSSR count). The van der Waals surface area contributed by atoms with Gasteiger partial charge in [-0.25, -0.2) is 4.79 Å². The molecule has 0 N–H and O–H groups in total. The molecule has 1 atom stereocenters. The van der Waals surface area contributed by atoms with Gasteiger partial charge in [0.25, 0.3) is 0 Å². The van der Waals surface area contributed by atoms with Crippen LogP contribution in [0.15, 0.2) is 78.9 Å². The molecule has 0 aromatic heterocycles. The second-order valence-electron chi connectivity index (χ2n) is 7.69. The zero-order valence-electron chi connectivity index (χ0n) is 18.6. The minimum absolute atomic E-state index is 0.335. The summed E-state index contributed by atoms with van der Waals surface area (Å²) in [5, 5.41) is 0. The van der Waals surface area contributed by atoms with E-state index in [1.807, 2.05) is 49.4 Å². The first-order valence-corrected chi connectivity index (χ1v) is 11.3. The molecule has 0 amide bonds. The Labute approximate surface area is 186 Å². The van der Waals surface area contributed by atoms with Crippen molar-refractivity contribution < 1.29 is 14.3 Å². The van der Waals surface area contributed by atoms with Gasteiger partial charge in [-0.3, -0.25) is 0 Å². The zero-order valence-corrected chi connectivity index (χ0v) is 18.6. The van der Waals surface area contributed by atoms with E-state index in [2.05, 4.69) is 43.3 Å². The summed E-state index contributed by atoms with van der Waals surface area (Å²) in [7, 11) is 0. The number of hydrogen-bond acceptors (Lipinski definition) is 3. The molecular formula is C28H32O3. The molecule has 162 valence electrons. The van der Waals surface area contributed by atoms with Crippen molar-refractivity contribution in [2.45, 2.75) is 52.1 Å². The molecule has 31 heavy (non-hydrogen) atoms. The topological polar surface area (TPSA) is 35.5 Å². The van der Waals surface area contributed by atoms with Crippen molar-refractivity contribution in [1.82, 2.24) is 0 Å². The quantitative estimate of drug-likeness (QED) is 0.260. The fourth-order valence-electron chi connectivity index (χ4n) is 3.70. The lowest BCUT2D eigenvalue weighted by atomic mass is 9.96. The number of aryl methyl sites for hydroxylation is 1. The maximum Gasteiger partial charge on any atom is 0.347 e. The third kappa shape index (κ3) is 6.71. The highest BCUT2D eigenvalue weighted by Gasteiger charge is 2.22. The van der Waals surface area contributed by atoms with Crippen molar-refractivity contribution in [2.24, 2.45) is 0 Å². The SMILES string of the molecule is CCCCCc1ccccc1-c1ccc(OC(Cc2ccccc2)C(=O)OCC)cc1. The first-order chi connectivity index (χ1) is 15.2. The van der Waals surface area contributed by atoms with E-state index in [0.717, 1.165) is 17.5 Å². The van der Waals surface area contributed by atoms with Gasteiger partial charge in [0.15, 0.2) is 6.10 Å². The van der Waals surface area contributed by atoms with Gasteiger partial charge in [-0.05, 0) is 54.2 Å². The van der Waals surface area contributed by atoms with Gasteiger partial charge in [-0.1, -0.05) is 86.5 Å². The minimum Gasteiger partial charge on any atom is -0.478 e. The Bertz CT molecular complexity index is 932. The zero-order chi connectivity index (χ0) is 21.9. The third-order valence-electron chi connectivity index (χ3n) is 5.32. The Morgan fingerprint density at radius 2 is 1.55 bits per heavy atom. The molecular weight excluding hydrogens is 384 g/mol. The predicted octanol–water partition coefficient (Wildman–Crippen LogP) is 6.64. The Kier molecular flexibility index (Phi) is 8.71. The first-order valence-electron chi connectivity index (χ1n) is 11.3. The van der Waals surface area contributed by atoms with Crippen LogP contribution >= 0.6 is 0 Å². The molecule has 0 aliphatic carbocycles. The summed E-state index contributed by atoms with van der Waals surface area (Å²) in [5.41, 5.74) is 4.84. The Balaban J connectivity index is 1.74. The molecule has 3 aromatic carbocycles. The van der Waals surface area contributed by atoms with Gasteiger partial charge in [-0.15, -0.1) is 0 Å². The van der Waals surface area contributed by atoms with Gasteiger partial charge in [0.1, 0.15) is 5.75 Å². The molecule has 3 heteroatoms. The molecule has 0 spiro atoms. The molecule has 0 heterocycles. The van der Waals surface area contributed by atoms with Gasteiger partial charge in [0.2, 0.25) is 0 Å². The molecule has 0 aliphatic heterocycles. The fraction of sp³-hybridized carbons (Fsp3) is 0.321. The van der Waals surface area contributed by atoms with E-state index < -0.39 is 6.10 Å². The highest BCUT2D eigenvalue weighted by Crippen LogP contribution is 2.27. The van der Waals surface area contributed by atoms with Gasteiger partial charge in [0.05, 0.1) is 6.61 Å². The van der Waals surface area contributed by atoms with Gasteiger partial charge < -0.3 is 9.47 Å². The van der Waals surface area contributed by atoms with Crippen LogP contribution in [-0.4, -0.2) is 18.7 Å². The van der Waals surface area contributed by atoms with Crippen LogP contribution < -0.4 is 4.74 Å². The van der Waals surface area contributed by atoms with Crippen LogP contribution in [0, 0.1) is 0 Å². The summed E-state index contributed by atoms with van der Waals surface area (Å²) in [6.07, 6.45) is 4.56. The van der Waals surface area contributed by atoms with E-state index in [4.69, 9.17) is 9.47 Å². The standard InChI is InChI=1S/C28H32O3/c1-3-5-7-14-23-15-10-11-16-26(23)24-17-19-25(20-18-24)31-27(28(29)30-4-2)21-22-12-8-6-9-13-22/h6,8-13,15-20,27H,3-5,7,14,21H2,1-2H3. The summed E-state index contributed by atoms with van der Waals surface area (Å²) in [6.45, 7) is 4.37. The van der Waals surface area contributed by atoms with Crippen LogP contribution in [-0.2, 0) is 22.4 Å². The van der Waals surface area contributed by atoms with E-state index >= 15 is 0 Å². The van der Waals surface area contributed by atoms with Crippen LogP contribution in [0.5, 0.6) is 5.75 Å². The van der Waals surface area contributed by atoms with Crippen LogP contribution in [0.1, 0.15) is 44.2 Å². The smallest absolute Gasteiger partial charge is 0.347 e. The van der Waals surface area contributed by atoms with E-state index in [1.54, 1.807) is 0 Å². The molecule has 0 saturated heterocycles. The second-order valence-corrected chi connectivity index (χ2v) is 7.69. The number of carbonyl (C=O) groups is 1. The van der Waals surface area contributed by atoms with E-state index in [-0.39, 0.29) is 5.97 Å². The van der Waals surface area contributed by atoms with Crippen molar-refractivity contribution in [3.63, 3.8) is 0 Å². The number of rotatable bonds is 11. The lowest BCUT2D eigenvalue weighted by Gasteiger charge is -2.18. The highest BCUT2D eigenvalue weighted by molar-refractivity contribution is 5.75. The Hall–Kier alpha value is -3.07. The Morgan fingerprint density at radius 3 is 2.26 bits per heavy atom. The summed E-state index contributed by atoms with van der Waals surface area (Å²) < 4.78 is 11.3. The molecule has 0 bridgehead atoms. The molecule has 0 radical (unpaired) electrons. The summed E-state index contributed by atoms with van der Waals surface area (Å²) in [6, 6.07) is 26.5. The van der Waals surface area contributed by atoms with Gasteiger partial charge in [0, 0.05) is 6.42 Å². The average Bonchev–Trinajstić information content (AvgIpc) is 2.80. The number of esters is 1. The number of ether oxygens (including phenoxy) is 2. The van der Waals surface area contributed by atoms with E-state index in [1.165, 1.54) is 30.4 Å². The predicted molar refractivity (Wildman–Crippen MR) is 126 cm³/mol. The maximum absolute atomic E-state index is 12.5. The van der Waals surface area contributed by atoms with Crippen molar-refractivity contribution >= 4 is 5.97 Å². The number of carbonyl (C=O) groups excluding carboxylic acids is 1. The summed E-state index contributed by atoms with van der Waals surface area (Å²) in [4.78, 5) is 12.5. The maximum atomic E-state index is 12.5. The lowest BCUT2D eigenvalue weighted by molar-refractivity contribution is -0.151. The van der Waals surface area contributed by atoms with Gasteiger partial charge in [-0.2, -0.15) is 0 Å². The molecule has 3 nitrogen and oxygen atoms in total.